The molecule has 0 aliphatic rings. The summed E-state index contributed by atoms with van der Waals surface area (Å²) in [4.78, 5) is 15.3. The van der Waals surface area contributed by atoms with Crippen LogP contribution in [0.15, 0.2) is 30.6 Å². The van der Waals surface area contributed by atoms with Gasteiger partial charge in [-0.15, -0.1) is 0 Å². The van der Waals surface area contributed by atoms with Crippen molar-refractivity contribution in [3.8, 4) is 34.7 Å². The summed E-state index contributed by atoms with van der Waals surface area (Å²) in [5.74, 6) is -0.369. The number of aromatic nitrogens is 4. The van der Waals surface area contributed by atoms with E-state index in [0.29, 0.717) is 11.3 Å². The quantitative estimate of drug-likeness (QED) is 0.762. The number of imidazole rings is 1. The van der Waals surface area contributed by atoms with Crippen LogP contribution in [0.25, 0.3) is 22.6 Å². The van der Waals surface area contributed by atoms with E-state index in [2.05, 4.69) is 19.9 Å². The molecule has 2 heterocycles. The summed E-state index contributed by atoms with van der Waals surface area (Å²) < 4.78 is 19.5. The van der Waals surface area contributed by atoms with Crippen LogP contribution in [0.2, 0.25) is 5.02 Å². The van der Waals surface area contributed by atoms with Crippen molar-refractivity contribution in [1.82, 2.24) is 19.9 Å². The van der Waals surface area contributed by atoms with Crippen LogP contribution in [-0.4, -0.2) is 26.0 Å². The molecule has 25 heavy (non-hydrogen) atoms. The molecule has 0 radical (unpaired) electrons. The van der Waals surface area contributed by atoms with Crippen molar-refractivity contribution in [1.29, 1.82) is 5.26 Å². The number of nitrogens with one attached hydrogen (secondary N) is 1. The molecule has 3 rings (SSSR count). The van der Waals surface area contributed by atoms with Gasteiger partial charge in [0.05, 0.1) is 22.4 Å². The molecular weight excluding hydrogens is 345 g/mol. The van der Waals surface area contributed by atoms with Crippen LogP contribution in [0.4, 0.5) is 4.39 Å². The van der Waals surface area contributed by atoms with Gasteiger partial charge in [-0.25, -0.2) is 19.3 Å². The molecule has 126 valence electrons. The highest BCUT2D eigenvalue weighted by molar-refractivity contribution is 6.33. The first kappa shape index (κ1) is 16.9. The number of nitrogens with zero attached hydrogens (tertiary/aromatic N) is 4. The normalized spacial score (nSPS) is 10.7. The second kappa shape index (κ2) is 6.87. The minimum atomic E-state index is -0.533. The van der Waals surface area contributed by atoms with Crippen LogP contribution in [0, 0.1) is 17.1 Å². The minimum Gasteiger partial charge on any atom is -0.461 e. The summed E-state index contributed by atoms with van der Waals surface area (Å²) in [6.07, 6.45) is 2.96. The van der Waals surface area contributed by atoms with E-state index in [4.69, 9.17) is 16.3 Å². The fourth-order valence-corrected chi connectivity index (χ4v) is 2.47. The van der Waals surface area contributed by atoms with Crippen molar-refractivity contribution in [3.05, 3.63) is 47.1 Å². The fourth-order valence-electron chi connectivity index (χ4n) is 2.22. The van der Waals surface area contributed by atoms with Crippen molar-refractivity contribution in [2.75, 3.05) is 0 Å². The summed E-state index contributed by atoms with van der Waals surface area (Å²) in [5, 5.41) is 9.52. The van der Waals surface area contributed by atoms with E-state index in [0.717, 1.165) is 0 Å². The molecule has 6 nitrogen and oxygen atoms in total. The van der Waals surface area contributed by atoms with Crippen LogP contribution in [0.1, 0.15) is 19.5 Å². The molecule has 0 bridgehead atoms. The SMILES string of the molecule is CC(C)Oc1ncc(-c2[nH]c(-c3c(F)cccc3Cl)nc2C#N)cn1. The van der Waals surface area contributed by atoms with Crippen LogP contribution in [0.5, 0.6) is 6.01 Å². The third kappa shape index (κ3) is 3.44. The number of benzene rings is 1. The van der Waals surface area contributed by atoms with Gasteiger partial charge in [0.25, 0.3) is 0 Å². The van der Waals surface area contributed by atoms with Gasteiger partial charge in [0, 0.05) is 18.0 Å². The van der Waals surface area contributed by atoms with Crippen LogP contribution in [-0.2, 0) is 0 Å². The lowest BCUT2D eigenvalue weighted by atomic mass is 10.2. The first-order chi connectivity index (χ1) is 12.0. The number of aromatic amines is 1. The first-order valence-electron chi connectivity index (χ1n) is 7.43. The average Bonchev–Trinajstić information content (AvgIpc) is 2.99. The van der Waals surface area contributed by atoms with Crippen molar-refractivity contribution in [2.45, 2.75) is 20.0 Å². The Bertz CT molecular complexity index is 926. The van der Waals surface area contributed by atoms with Gasteiger partial charge in [0.15, 0.2) is 5.69 Å². The lowest BCUT2D eigenvalue weighted by Crippen LogP contribution is -2.08. The Labute approximate surface area is 148 Å². The Morgan fingerprint density at radius 1 is 1.28 bits per heavy atom. The molecule has 0 saturated carbocycles. The monoisotopic (exact) mass is 357 g/mol. The number of rotatable bonds is 4. The zero-order valence-electron chi connectivity index (χ0n) is 13.4. The molecule has 2 aromatic heterocycles. The molecule has 1 aromatic carbocycles. The summed E-state index contributed by atoms with van der Waals surface area (Å²) in [6, 6.07) is 6.53. The van der Waals surface area contributed by atoms with Crippen molar-refractivity contribution in [3.63, 3.8) is 0 Å². The predicted octanol–water partition coefficient (Wildman–Crippen LogP) is 3.99. The molecule has 0 fully saturated rings. The van der Waals surface area contributed by atoms with Gasteiger partial charge in [-0.1, -0.05) is 17.7 Å². The Balaban J connectivity index is 2.04. The van der Waals surface area contributed by atoms with E-state index >= 15 is 0 Å². The van der Waals surface area contributed by atoms with Gasteiger partial charge in [-0.2, -0.15) is 5.26 Å². The van der Waals surface area contributed by atoms with E-state index in [-0.39, 0.29) is 34.2 Å². The summed E-state index contributed by atoms with van der Waals surface area (Å²) in [7, 11) is 0. The largest absolute Gasteiger partial charge is 0.461 e. The highest BCUT2D eigenvalue weighted by Gasteiger charge is 2.18. The van der Waals surface area contributed by atoms with E-state index < -0.39 is 5.82 Å². The number of ether oxygens (including phenoxy) is 1. The third-order valence-corrected chi connectivity index (χ3v) is 3.58. The summed E-state index contributed by atoms with van der Waals surface area (Å²) in [6.45, 7) is 3.73. The van der Waals surface area contributed by atoms with Gasteiger partial charge in [0.1, 0.15) is 17.7 Å². The smallest absolute Gasteiger partial charge is 0.316 e. The van der Waals surface area contributed by atoms with Crippen LogP contribution < -0.4 is 4.74 Å². The molecular formula is C17H13ClFN5O. The highest BCUT2D eigenvalue weighted by atomic mass is 35.5. The Morgan fingerprint density at radius 3 is 2.60 bits per heavy atom. The van der Waals surface area contributed by atoms with E-state index in [1.165, 1.54) is 24.5 Å². The number of nitriles is 1. The maximum absolute atomic E-state index is 14.1. The first-order valence-corrected chi connectivity index (χ1v) is 7.81. The zero-order chi connectivity index (χ0) is 18.0. The van der Waals surface area contributed by atoms with Crippen LogP contribution >= 0.6 is 11.6 Å². The van der Waals surface area contributed by atoms with E-state index in [1.54, 1.807) is 6.07 Å². The molecule has 0 atom stereocenters. The van der Waals surface area contributed by atoms with Gasteiger partial charge in [0.2, 0.25) is 0 Å². The number of hydrogen-bond acceptors (Lipinski definition) is 5. The van der Waals surface area contributed by atoms with Gasteiger partial charge >= 0.3 is 6.01 Å². The predicted molar refractivity (Wildman–Crippen MR) is 90.5 cm³/mol. The Kier molecular flexibility index (Phi) is 4.63. The molecule has 0 aliphatic carbocycles. The van der Waals surface area contributed by atoms with Crippen molar-refractivity contribution < 1.29 is 9.13 Å². The van der Waals surface area contributed by atoms with Gasteiger partial charge in [-0.05, 0) is 26.0 Å². The topological polar surface area (TPSA) is 87.5 Å². The number of halogens is 2. The molecule has 3 aromatic rings. The molecule has 0 spiro atoms. The Hall–Kier alpha value is -2.98. The molecule has 0 aliphatic heterocycles. The standard InChI is InChI=1S/C17H13ClFN5O/c1-9(2)25-17-21-7-10(8-22-17)15-13(6-20)23-16(24-15)14-11(18)4-3-5-12(14)19/h3-5,7-9H,1-2H3,(H,23,24). The molecule has 0 amide bonds. The molecule has 0 saturated heterocycles. The van der Waals surface area contributed by atoms with Crippen LogP contribution in [0.3, 0.4) is 0 Å². The summed E-state index contributed by atoms with van der Waals surface area (Å²) in [5.41, 5.74) is 1.11. The molecule has 1 N–H and O–H groups in total. The number of H-pyrrole nitrogens is 1. The zero-order valence-corrected chi connectivity index (χ0v) is 14.2. The van der Waals surface area contributed by atoms with Crippen molar-refractivity contribution in [2.24, 2.45) is 0 Å². The van der Waals surface area contributed by atoms with Crippen molar-refractivity contribution >= 4 is 11.6 Å². The fraction of sp³-hybridized carbons (Fsp3) is 0.176. The lowest BCUT2D eigenvalue weighted by molar-refractivity contribution is 0.222. The molecule has 0 unspecified atom stereocenters. The van der Waals surface area contributed by atoms with E-state index in [1.807, 2.05) is 19.9 Å². The van der Waals surface area contributed by atoms with Gasteiger partial charge < -0.3 is 9.72 Å². The average molecular weight is 358 g/mol. The Morgan fingerprint density at radius 2 is 2.00 bits per heavy atom. The second-order valence-electron chi connectivity index (χ2n) is 5.44. The summed E-state index contributed by atoms with van der Waals surface area (Å²) >= 11 is 6.06. The van der Waals surface area contributed by atoms with Gasteiger partial charge in [-0.3, -0.25) is 0 Å². The highest BCUT2D eigenvalue weighted by Crippen LogP contribution is 2.31. The lowest BCUT2D eigenvalue weighted by Gasteiger charge is -2.07. The second-order valence-corrected chi connectivity index (χ2v) is 5.85. The minimum absolute atomic E-state index is 0.0533. The third-order valence-electron chi connectivity index (χ3n) is 3.27. The maximum Gasteiger partial charge on any atom is 0.316 e. The van der Waals surface area contributed by atoms with E-state index in [9.17, 15) is 9.65 Å². The molecule has 8 heteroatoms. The maximum atomic E-state index is 14.1. The number of hydrogen-bond donors (Lipinski definition) is 1.